The van der Waals surface area contributed by atoms with Gasteiger partial charge < -0.3 is 10.1 Å². The Labute approximate surface area is 134 Å². The summed E-state index contributed by atoms with van der Waals surface area (Å²) in [5.74, 6) is -0.239. The Morgan fingerprint density at radius 1 is 1.41 bits per heavy atom. The van der Waals surface area contributed by atoms with Crippen molar-refractivity contribution in [3.05, 3.63) is 40.6 Å². The zero-order valence-electron chi connectivity index (χ0n) is 11.3. The number of amides is 1. The second-order valence-electron chi connectivity index (χ2n) is 4.31. The number of aromatic nitrogens is 2. The SMILES string of the molecule is C[C@@H](Oc1ccc(Cl)cc1Cl)C(=O)Nc1cnn(C(F)F)c1. The highest BCUT2D eigenvalue weighted by atomic mass is 35.5. The molecular formula is C13H11Cl2F2N3O2. The largest absolute Gasteiger partial charge is 0.479 e. The molecule has 0 bridgehead atoms. The van der Waals surface area contributed by atoms with Crippen molar-refractivity contribution in [3.63, 3.8) is 0 Å². The van der Waals surface area contributed by atoms with E-state index in [2.05, 4.69) is 10.4 Å². The average molecular weight is 350 g/mol. The Balaban J connectivity index is 1.99. The maximum atomic E-state index is 12.4. The molecule has 0 saturated carbocycles. The van der Waals surface area contributed by atoms with Crippen LogP contribution >= 0.6 is 23.2 Å². The Morgan fingerprint density at radius 3 is 2.73 bits per heavy atom. The van der Waals surface area contributed by atoms with Crippen LogP contribution in [0.3, 0.4) is 0 Å². The number of rotatable bonds is 5. The van der Waals surface area contributed by atoms with Crippen molar-refractivity contribution in [2.24, 2.45) is 0 Å². The molecule has 1 N–H and O–H groups in total. The molecule has 1 amide bonds. The van der Waals surface area contributed by atoms with Gasteiger partial charge in [-0.3, -0.25) is 4.79 Å². The Hall–Kier alpha value is -1.86. The molecule has 1 aromatic heterocycles. The van der Waals surface area contributed by atoms with Gasteiger partial charge in [0.05, 0.1) is 23.1 Å². The highest BCUT2D eigenvalue weighted by molar-refractivity contribution is 6.35. The van der Waals surface area contributed by atoms with E-state index in [1.54, 1.807) is 6.07 Å². The number of carbonyl (C=O) groups excluding carboxylic acids is 1. The summed E-state index contributed by atoms with van der Waals surface area (Å²) in [5, 5.41) is 6.53. The third-order valence-corrected chi connectivity index (χ3v) is 3.17. The molecule has 9 heteroatoms. The molecule has 1 atom stereocenters. The van der Waals surface area contributed by atoms with E-state index < -0.39 is 18.6 Å². The molecular weight excluding hydrogens is 339 g/mol. The highest BCUT2D eigenvalue weighted by Crippen LogP contribution is 2.28. The molecule has 0 radical (unpaired) electrons. The summed E-state index contributed by atoms with van der Waals surface area (Å²) < 4.78 is 30.6. The number of nitrogens with one attached hydrogen (secondary N) is 1. The fourth-order valence-corrected chi connectivity index (χ4v) is 2.02. The van der Waals surface area contributed by atoms with Crippen LogP contribution in [0.25, 0.3) is 0 Å². The van der Waals surface area contributed by atoms with E-state index in [-0.39, 0.29) is 16.5 Å². The van der Waals surface area contributed by atoms with Gasteiger partial charge in [0.15, 0.2) is 6.10 Å². The molecule has 0 aliphatic heterocycles. The minimum atomic E-state index is -2.77. The van der Waals surface area contributed by atoms with Crippen LogP contribution in [0.15, 0.2) is 30.6 Å². The lowest BCUT2D eigenvalue weighted by Crippen LogP contribution is -2.30. The number of nitrogens with zero attached hydrogens (tertiary/aromatic N) is 2. The molecule has 1 heterocycles. The van der Waals surface area contributed by atoms with E-state index in [0.717, 1.165) is 12.4 Å². The number of ether oxygens (including phenoxy) is 1. The van der Waals surface area contributed by atoms with Gasteiger partial charge in [-0.1, -0.05) is 23.2 Å². The van der Waals surface area contributed by atoms with Crippen LogP contribution in [0, 0.1) is 0 Å². The predicted molar refractivity (Wildman–Crippen MR) is 78.7 cm³/mol. The van der Waals surface area contributed by atoms with E-state index in [1.807, 2.05) is 0 Å². The Morgan fingerprint density at radius 2 is 2.14 bits per heavy atom. The lowest BCUT2D eigenvalue weighted by molar-refractivity contribution is -0.122. The van der Waals surface area contributed by atoms with Crippen molar-refractivity contribution >= 4 is 34.8 Å². The molecule has 0 saturated heterocycles. The van der Waals surface area contributed by atoms with Crippen molar-refractivity contribution in [1.29, 1.82) is 0 Å². The van der Waals surface area contributed by atoms with Crippen LogP contribution < -0.4 is 10.1 Å². The molecule has 5 nitrogen and oxygen atoms in total. The van der Waals surface area contributed by atoms with Gasteiger partial charge >= 0.3 is 6.55 Å². The van der Waals surface area contributed by atoms with Gasteiger partial charge in [-0.25, -0.2) is 4.68 Å². The summed E-state index contributed by atoms with van der Waals surface area (Å²) in [6.45, 7) is -1.27. The minimum absolute atomic E-state index is 0.142. The van der Waals surface area contributed by atoms with Crippen molar-refractivity contribution in [2.45, 2.75) is 19.6 Å². The number of carbonyl (C=O) groups is 1. The molecule has 22 heavy (non-hydrogen) atoms. The molecule has 0 spiro atoms. The molecule has 1 aromatic carbocycles. The summed E-state index contributed by atoms with van der Waals surface area (Å²) in [6.07, 6.45) is 1.24. The first kappa shape index (κ1) is 16.5. The Kier molecular flexibility index (Phi) is 5.20. The monoisotopic (exact) mass is 349 g/mol. The number of benzene rings is 1. The maximum Gasteiger partial charge on any atom is 0.333 e. The van der Waals surface area contributed by atoms with Crippen LogP contribution in [0.2, 0.25) is 10.0 Å². The van der Waals surface area contributed by atoms with Gasteiger partial charge in [0.25, 0.3) is 5.91 Å². The molecule has 0 aliphatic rings. The first-order chi connectivity index (χ1) is 10.4. The lowest BCUT2D eigenvalue weighted by atomic mass is 10.3. The second kappa shape index (κ2) is 6.93. The van der Waals surface area contributed by atoms with Crippen LogP contribution in [-0.4, -0.2) is 21.8 Å². The number of hydrogen-bond acceptors (Lipinski definition) is 3. The quantitative estimate of drug-likeness (QED) is 0.887. The summed E-state index contributed by atoms with van der Waals surface area (Å²) in [4.78, 5) is 11.9. The standard InChI is InChI=1S/C13H11Cl2F2N3O2/c1-7(22-11-3-2-8(14)4-10(11)15)12(21)19-9-5-18-20(6-9)13(16)17/h2-7,13H,1H3,(H,19,21)/t7-/m1/s1. The van der Waals surface area contributed by atoms with Crippen molar-refractivity contribution in [2.75, 3.05) is 5.32 Å². The summed E-state index contributed by atoms with van der Waals surface area (Å²) in [5.41, 5.74) is 0.142. The average Bonchev–Trinajstić information content (AvgIpc) is 2.90. The first-order valence-electron chi connectivity index (χ1n) is 6.11. The fraction of sp³-hybridized carbons (Fsp3) is 0.231. The Bertz CT molecular complexity index is 679. The smallest absolute Gasteiger partial charge is 0.333 e. The van der Waals surface area contributed by atoms with Gasteiger partial charge in [-0.15, -0.1) is 0 Å². The topological polar surface area (TPSA) is 56.1 Å². The zero-order chi connectivity index (χ0) is 16.3. The van der Waals surface area contributed by atoms with Crippen LogP contribution in [0.1, 0.15) is 13.5 Å². The summed E-state index contributed by atoms with van der Waals surface area (Å²) in [7, 11) is 0. The van der Waals surface area contributed by atoms with E-state index >= 15 is 0 Å². The molecule has 0 fully saturated rings. The van der Waals surface area contributed by atoms with E-state index in [4.69, 9.17) is 27.9 Å². The fourth-order valence-electron chi connectivity index (χ4n) is 1.57. The van der Waals surface area contributed by atoms with Gasteiger partial charge in [0.2, 0.25) is 0 Å². The van der Waals surface area contributed by atoms with E-state index in [0.29, 0.717) is 9.70 Å². The zero-order valence-corrected chi connectivity index (χ0v) is 12.8. The predicted octanol–water partition coefficient (Wildman–Crippen LogP) is 3.99. The van der Waals surface area contributed by atoms with Gasteiger partial charge in [-0.05, 0) is 25.1 Å². The molecule has 0 unspecified atom stereocenters. The molecule has 2 aromatic rings. The third kappa shape index (κ3) is 4.08. The summed E-state index contributed by atoms with van der Waals surface area (Å²) >= 11 is 11.7. The van der Waals surface area contributed by atoms with Crippen molar-refractivity contribution in [1.82, 2.24) is 9.78 Å². The number of anilines is 1. The minimum Gasteiger partial charge on any atom is -0.479 e. The van der Waals surface area contributed by atoms with Crippen molar-refractivity contribution < 1.29 is 18.3 Å². The van der Waals surface area contributed by atoms with Crippen LogP contribution in [0.5, 0.6) is 5.75 Å². The molecule has 118 valence electrons. The number of hydrogen-bond donors (Lipinski definition) is 1. The van der Waals surface area contributed by atoms with Crippen molar-refractivity contribution in [3.8, 4) is 5.75 Å². The maximum absolute atomic E-state index is 12.4. The van der Waals surface area contributed by atoms with Gasteiger partial charge in [0, 0.05) is 5.02 Å². The van der Waals surface area contributed by atoms with Gasteiger partial charge in [-0.2, -0.15) is 13.9 Å². The summed E-state index contributed by atoms with van der Waals surface area (Å²) in [6, 6.07) is 4.58. The van der Waals surface area contributed by atoms with E-state index in [1.165, 1.54) is 19.1 Å². The molecule has 2 rings (SSSR count). The third-order valence-electron chi connectivity index (χ3n) is 2.64. The van der Waals surface area contributed by atoms with Gasteiger partial charge in [0.1, 0.15) is 5.75 Å². The highest BCUT2D eigenvalue weighted by Gasteiger charge is 2.18. The number of halogens is 4. The first-order valence-corrected chi connectivity index (χ1v) is 6.87. The molecule has 0 aliphatic carbocycles. The van der Waals surface area contributed by atoms with Crippen LogP contribution in [0.4, 0.5) is 14.5 Å². The number of alkyl halides is 2. The second-order valence-corrected chi connectivity index (χ2v) is 5.15. The lowest BCUT2D eigenvalue weighted by Gasteiger charge is -2.15. The van der Waals surface area contributed by atoms with E-state index in [9.17, 15) is 13.6 Å². The van der Waals surface area contributed by atoms with Crippen LogP contribution in [-0.2, 0) is 4.79 Å². The normalized spacial score (nSPS) is 12.3.